The van der Waals surface area contributed by atoms with E-state index in [2.05, 4.69) is 22.8 Å². The highest BCUT2D eigenvalue weighted by molar-refractivity contribution is 5.74. The van der Waals surface area contributed by atoms with Gasteiger partial charge in [0.25, 0.3) is 0 Å². The molecular formula is C36H50N6O4. The minimum absolute atomic E-state index is 0.0106. The predicted octanol–water partition coefficient (Wildman–Crippen LogP) is 3.29. The second kappa shape index (κ2) is 17.2. The molecule has 0 radical (unpaired) electrons. The highest BCUT2D eigenvalue weighted by atomic mass is 16.5. The number of hydrogen-bond donors (Lipinski definition) is 4. The zero-order chi connectivity index (χ0) is 33.7. The average molecular weight is 631 g/mol. The quantitative estimate of drug-likeness (QED) is 0.285. The number of rotatable bonds is 10. The van der Waals surface area contributed by atoms with Crippen LogP contribution in [0.4, 0.5) is 0 Å². The van der Waals surface area contributed by atoms with Gasteiger partial charge in [-0.1, -0.05) is 48.5 Å². The van der Waals surface area contributed by atoms with Crippen molar-refractivity contribution in [2.24, 2.45) is 23.3 Å². The van der Waals surface area contributed by atoms with Crippen LogP contribution in [-0.4, -0.2) is 64.4 Å². The maximum Gasteiger partial charge on any atom is 0.310 e. The van der Waals surface area contributed by atoms with E-state index in [9.17, 15) is 20.1 Å². The topological polar surface area (TPSA) is 176 Å². The van der Waals surface area contributed by atoms with Crippen molar-refractivity contribution in [1.29, 1.82) is 10.5 Å². The Hall–Kier alpha value is -3.80. The number of hydrogen-bond acceptors (Lipinski definition) is 10. The van der Waals surface area contributed by atoms with Crippen molar-refractivity contribution in [2.75, 3.05) is 40.4 Å². The van der Waals surface area contributed by atoms with E-state index in [0.29, 0.717) is 39.0 Å². The summed E-state index contributed by atoms with van der Waals surface area (Å²) in [6.45, 7) is 6.38. The molecule has 6 N–H and O–H groups in total. The third-order valence-electron chi connectivity index (χ3n) is 9.73. The first-order chi connectivity index (χ1) is 22.1. The van der Waals surface area contributed by atoms with Crippen molar-refractivity contribution in [3.05, 3.63) is 70.8 Å². The summed E-state index contributed by atoms with van der Waals surface area (Å²) in [7, 11) is 2.80. The largest absolute Gasteiger partial charge is 0.469 e. The number of esters is 2. The fourth-order valence-electron chi connectivity index (χ4n) is 7.30. The number of methoxy groups -OCH3 is 2. The maximum atomic E-state index is 12.3. The van der Waals surface area contributed by atoms with Crippen LogP contribution in [0.3, 0.4) is 0 Å². The lowest BCUT2D eigenvalue weighted by atomic mass is 9.64. The molecular weight excluding hydrogens is 580 g/mol. The van der Waals surface area contributed by atoms with Crippen molar-refractivity contribution in [3.63, 3.8) is 0 Å². The maximum absolute atomic E-state index is 12.3. The molecule has 0 amide bonds. The van der Waals surface area contributed by atoms with Crippen LogP contribution in [0.25, 0.3) is 0 Å². The molecule has 0 aromatic heterocycles. The summed E-state index contributed by atoms with van der Waals surface area (Å²) in [4.78, 5) is 24.5. The van der Waals surface area contributed by atoms with Crippen LogP contribution in [0.1, 0.15) is 60.8 Å². The third-order valence-corrected chi connectivity index (χ3v) is 9.73. The van der Waals surface area contributed by atoms with E-state index in [1.807, 2.05) is 62.4 Å². The van der Waals surface area contributed by atoms with E-state index in [0.717, 1.165) is 47.9 Å². The van der Waals surface area contributed by atoms with Crippen LogP contribution in [-0.2, 0) is 29.9 Å². The molecule has 0 bridgehead atoms. The molecule has 2 fully saturated rings. The van der Waals surface area contributed by atoms with Gasteiger partial charge in [-0.15, -0.1) is 0 Å². The fourth-order valence-corrected chi connectivity index (χ4v) is 7.30. The fraction of sp³-hybridized carbons (Fsp3) is 0.556. The Bertz CT molecular complexity index is 1300. The standard InChI is InChI=1S/2C18H25N3O2/c2*1-13-5-3-4-6-15(13)18(12-20)8-7-16(21-10-9-19)14(11-18)17(22)23-2/h2*3-6,14,16,21H,7-11,19H2,1-2H3. The third kappa shape index (κ3) is 8.31. The van der Waals surface area contributed by atoms with E-state index < -0.39 is 10.8 Å². The molecule has 0 heterocycles. The van der Waals surface area contributed by atoms with Gasteiger partial charge in [-0.25, -0.2) is 0 Å². The van der Waals surface area contributed by atoms with Crippen LogP contribution in [0.15, 0.2) is 48.5 Å². The molecule has 10 nitrogen and oxygen atoms in total. The Morgan fingerprint density at radius 3 is 1.43 bits per heavy atom. The van der Waals surface area contributed by atoms with Crippen molar-refractivity contribution in [1.82, 2.24) is 10.6 Å². The van der Waals surface area contributed by atoms with Gasteiger partial charge in [0.2, 0.25) is 0 Å². The monoisotopic (exact) mass is 630 g/mol. The average Bonchev–Trinajstić information content (AvgIpc) is 3.09. The zero-order valence-corrected chi connectivity index (χ0v) is 27.7. The first kappa shape index (κ1) is 36.7. The van der Waals surface area contributed by atoms with Gasteiger partial charge in [0.05, 0.1) is 49.0 Å². The molecule has 2 aliphatic rings. The summed E-state index contributed by atoms with van der Waals surface area (Å²) in [6, 6.07) is 20.9. The molecule has 0 aliphatic heterocycles. The molecule has 46 heavy (non-hydrogen) atoms. The molecule has 2 aromatic carbocycles. The molecule has 4 rings (SSSR count). The van der Waals surface area contributed by atoms with E-state index in [-0.39, 0.29) is 35.9 Å². The molecule has 6 unspecified atom stereocenters. The Labute approximate surface area is 273 Å². The number of nitrogens with zero attached hydrogens (tertiary/aromatic N) is 2. The second-order valence-electron chi connectivity index (χ2n) is 12.5. The Morgan fingerprint density at radius 1 is 0.761 bits per heavy atom. The van der Waals surface area contributed by atoms with Crippen LogP contribution in [0.2, 0.25) is 0 Å². The SMILES string of the molecule is COC(=O)C1CC(C#N)(c2ccccc2C)CCC1NCCN.COC(=O)C1CC(C#N)(c2ccccc2C)CCC1NCCN. The van der Waals surface area contributed by atoms with Gasteiger partial charge in [0, 0.05) is 38.3 Å². The van der Waals surface area contributed by atoms with E-state index >= 15 is 0 Å². The van der Waals surface area contributed by atoms with Gasteiger partial charge in [-0.05, 0) is 74.6 Å². The number of carbonyl (C=O) groups is 2. The smallest absolute Gasteiger partial charge is 0.310 e. The van der Waals surface area contributed by atoms with Gasteiger partial charge >= 0.3 is 11.9 Å². The number of carbonyl (C=O) groups excluding carboxylic acids is 2. The highest BCUT2D eigenvalue weighted by Gasteiger charge is 2.47. The summed E-state index contributed by atoms with van der Waals surface area (Å²) in [5.74, 6) is -1.18. The second-order valence-corrected chi connectivity index (χ2v) is 12.5. The van der Waals surface area contributed by atoms with E-state index in [1.54, 1.807) is 0 Å². The van der Waals surface area contributed by atoms with E-state index in [4.69, 9.17) is 20.9 Å². The lowest BCUT2D eigenvalue weighted by Gasteiger charge is -2.40. The summed E-state index contributed by atoms with van der Waals surface area (Å²) < 4.78 is 9.97. The Morgan fingerprint density at radius 2 is 1.13 bits per heavy atom. The predicted molar refractivity (Wildman–Crippen MR) is 177 cm³/mol. The summed E-state index contributed by atoms with van der Waals surface area (Å²) in [5.41, 5.74) is 14.1. The van der Waals surface area contributed by atoms with Gasteiger partial charge in [-0.2, -0.15) is 10.5 Å². The number of nitriles is 2. The minimum atomic E-state index is -0.634. The first-order valence-corrected chi connectivity index (χ1v) is 16.1. The molecule has 2 aromatic rings. The number of ether oxygens (including phenoxy) is 2. The van der Waals surface area contributed by atoms with E-state index in [1.165, 1.54) is 14.2 Å². The molecule has 6 atom stereocenters. The van der Waals surface area contributed by atoms with Crippen molar-refractivity contribution >= 4 is 11.9 Å². The molecule has 0 spiro atoms. The highest BCUT2D eigenvalue weighted by Crippen LogP contribution is 2.44. The molecule has 10 heteroatoms. The van der Waals surface area contributed by atoms with Crippen LogP contribution in [0.5, 0.6) is 0 Å². The summed E-state index contributed by atoms with van der Waals surface area (Å²) in [5, 5.41) is 26.5. The summed E-state index contributed by atoms with van der Waals surface area (Å²) in [6.07, 6.45) is 3.91. The van der Waals surface area contributed by atoms with Crippen LogP contribution in [0, 0.1) is 48.3 Å². The Balaban J connectivity index is 0.000000250. The zero-order valence-electron chi connectivity index (χ0n) is 27.7. The molecule has 0 saturated heterocycles. The van der Waals surface area contributed by atoms with Gasteiger partial charge < -0.3 is 31.6 Å². The molecule has 2 saturated carbocycles. The van der Waals surface area contributed by atoms with Gasteiger partial charge in [0.15, 0.2) is 0 Å². The normalized spacial score (nSPS) is 27.2. The van der Waals surface area contributed by atoms with Gasteiger partial charge in [0.1, 0.15) is 0 Å². The van der Waals surface area contributed by atoms with Crippen molar-refractivity contribution in [3.8, 4) is 12.1 Å². The van der Waals surface area contributed by atoms with Crippen LogP contribution >= 0.6 is 0 Å². The number of nitrogens with one attached hydrogen (secondary N) is 2. The lowest BCUT2D eigenvalue weighted by Crippen LogP contribution is -2.50. The minimum Gasteiger partial charge on any atom is -0.469 e. The first-order valence-electron chi connectivity index (χ1n) is 16.1. The number of aryl methyl sites for hydroxylation is 2. The van der Waals surface area contributed by atoms with Crippen molar-refractivity contribution < 1.29 is 19.1 Å². The number of benzene rings is 2. The Kier molecular flexibility index (Phi) is 13.7. The number of nitrogens with two attached hydrogens (primary N) is 2. The molecule has 2 aliphatic carbocycles. The lowest BCUT2D eigenvalue weighted by molar-refractivity contribution is -0.149. The van der Waals surface area contributed by atoms with Crippen molar-refractivity contribution in [2.45, 2.75) is 75.3 Å². The van der Waals surface area contributed by atoms with Crippen LogP contribution < -0.4 is 22.1 Å². The summed E-state index contributed by atoms with van der Waals surface area (Å²) >= 11 is 0. The molecule has 248 valence electrons. The van der Waals surface area contributed by atoms with Gasteiger partial charge in [-0.3, -0.25) is 9.59 Å².